The van der Waals surface area contributed by atoms with E-state index in [9.17, 15) is 0 Å². The van der Waals surface area contributed by atoms with E-state index in [4.69, 9.17) is 8.83 Å². The van der Waals surface area contributed by atoms with Crippen LogP contribution in [0.15, 0.2) is 81.8 Å². The monoisotopic (exact) mass is 377 g/mol. The van der Waals surface area contributed by atoms with E-state index in [2.05, 4.69) is 55.2 Å². The van der Waals surface area contributed by atoms with Gasteiger partial charge in [0, 0.05) is 33.3 Å². The number of furan rings is 2. The summed E-state index contributed by atoms with van der Waals surface area (Å²) in [4.78, 5) is 4.64. The molecule has 3 nitrogen and oxygen atoms in total. The molecule has 0 spiro atoms. The highest BCUT2D eigenvalue weighted by molar-refractivity contribution is 6.26. The van der Waals surface area contributed by atoms with Crippen LogP contribution in [-0.2, 0) is 0 Å². The molecule has 0 aliphatic carbocycles. The van der Waals surface area contributed by atoms with E-state index >= 15 is 0 Å². The second kappa shape index (κ2) is 5.95. The topological polar surface area (TPSA) is 39.2 Å². The lowest BCUT2D eigenvalue weighted by molar-refractivity contribution is 0.663. The van der Waals surface area contributed by atoms with Crippen molar-refractivity contribution in [3.05, 3.63) is 78.5 Å². The summed E-state index contributed by atoms with van der Waals surface area (Å²) in [5.41, 5.74) is 6.74. The second-order valence-corrected chi connectivity index (χ2v) is 7.82. The molecule has 140 valence electrons. The van der Waals surface area contributed by atoms with Crippen molar-refractivity contribution in [1.29, 1.82) is 0 Å². The molecule has 3 aromatic heterocycles. The average molecular weight is 377 g/mol. The van der Waals surface area contributed by atoms with Crippen molar-refractivity contribution in [2.45, 2.75) is 19.8 Å². The fourth-order valence-electron chi connectivity index (χ4n) is 4.26. The molecule has 0 fully saturated rings. The molecule has 0 aliphatic rings. The third-order valence-electron chi connectivity index (χ3n) is 5.73. The van der Waals surface area contributed by atoms with Gasteiger partial charge >= 0.3 is 0 Å². The quantitative estimate of drug-likeness (QED) is 0.311. The van der Waals surface area contributed by atoms with Crippen molar-refractivity contribution < 1.29 is 8.83 Å². The van der Waals surface area contributed by atoms with Gasteiger partial charge in [0.05, 0.1) is 5.69 Å². The van der Waals surface area contributed by atoms with Gasteiger partial charge in [-0.2, -0.15) is 0 Å². The van der Waals surface area contributed by atoms with Crippen LogP contribution in [0.3, 0.4) is 0 Å². The molecule has 29 heavy (non-hydrogen) atoms. The predicted octanol–water partition coefficient (Wildman–Crippen LogP) is 7.67. The maximum Gasteiger partial charge on any atom is 0.144 e. The van der Waals surface area contributed by atoms with Gasteiger partial charge in [0.15, 0.2) is 0 Å². The number of fused-ring (bicyclic) bond motifs is 7. The largest absolute Gasteiger partial charge is 0.456 e. The Morgan fingerprint density at radius 3 is 2.34 bits per heavy atom. The van der Waals surface area contributed by atoms with Gasteiger partial charge < -0.3 is 8.83 Å². The molecule has 0 aliphatic heterocycles. The summed E-state index contributed by atoms with van der Waals surface area (Å²) < 4.78 is 12.5. The van der Waals surface area contributed by atoms with Gasteiger partial charge in [-0.3, -0.25) is 4.98 Å². The molecule has 6 rings (SSSR count). The maximum atomic E-state index is 6.38. The van der Waals surface area contributed by atoms with E-state index in [0.717, 1.165) is 55.1 Å². The highest BCUT2D eigenvalue weighted by Crippen LogP contribution is 2.42. The Morgan fingerprint density at radius 1 is 0.724 bits per heavy atom. The molecule has 3 aromatic carbocycles. The fourth-order valence-corrected chi connectivity index (χ4v) is 4.26. The van der Waals surface area contributed by atoms with E-state index < -0.39 is 0 Å². The van der Waals surface area contributed by atoms with Crippen LogP contribution in [0.5, 0.6) is 0 Å². The molecular weight excluding hydrogens is 358 g/mol. The van der Waals surface area contributed by atoms with Gasteiger partial charge in [-0.25, -0.2) is 0 Å². The summed E-state index contributed by atoms with van der Waals surface area (Å²) in [5.74, 6) is 0.448. The lowest BCUT2D eigenvalue weighted by atomic mass is 10.00. The third-order valence-corrected chi connectivity index (χ3v) is 5.73. The SMILES string of the molecule is CC(C)c1ccnc(-c2cccc3c2oc2ccc4oc5ccccc5c4c23)c1. The number of para-hydroxylation sites is 2. The average Bonchev–Trinajstić information content (AvgIpc) is 3.31. The van der Waals surface area contributed by atoms with Crippen LogP contribution >= 0.6 is 0 Å². The van der Waals surface area contributed by atoms with Crippen LogP contribution in [0, 0.1) is 0 Å². The van der Waals surface area contributed by atoms with Gasteiger partial charge in [0.25, 0.3) is 0 Å². The van der Waals surface area contributed by atoms with Crippen molar-refractivity contribution in [2.24, 2.45) is 0 Å². The summed E-state index contributed by atoms with van der Waals surface area (Å²) in [6.45, 7) is 4.39. The molecule has 0 amide bonds. The van der Waals surface area contributed by atoms with Gasteiger partial charge in [-0.05, 0) is 47.9 Å². The normalized spacial score (nSPS) is 12.1. The highest BCUT2D eigenvalue weighted by atomic mass is 16.3. The number of rotatable bonds is 2. The van der Waals surface area contributed by atoms with Crippen molar-refractivity contribution in [2.75, 3.05) is 0 Å². The fraction of sp³-hybridized carbons (Fsp3) is 0.115. The van der Waals surface area contributed by atoms with Crippen LogP contribution < -0.4 is 0 Å². The molecule has 0 atom stereocenters. The van der Waals surface area contributed by atoms with Crippen LogP contribution in [0.1, 0.15) is 25.3 Å². The number of aromatic nitrogens is 1. The number of hydrogen-bond acceptors (Lipinski definition) is 3. The first kappa shape index (κ1) is 16.4. The predicted molar refractivity (Wildman–Crippen MR) is 118 cm³/mol. The summed E-state index contributed by atoms with van der Waals surface area (Å²) in [6.07, 6.45) is 1.88. The number of hydrogen-bond donors (Lipinski definition) is 0. The molecule has 0 saturated heterocycles. The highest BCUT2D eigenvalue weighted by Gasteiger charge is 2.18. The third kappa shape index (κ3) is 2.34. The minimum atomic E-state index is 0.448. The number of benzene rings is 3. The molecule has 0 radical (unpaired) electrons. The van der Waals surface area contributed by atoms with Crippen molar-refractivity contribution >= 4 is 43.9 Å². The Balaban J connectivity index is 1.73. The maximum absolute atomic E-state index is 6.38. The molecule has 0 saturated carbocycles. The van der Waals surface area contributed by atoms with Crippen LogP contribution in [0.2, 0.25) is 0 Å². The minimum absolute atomic E-state index is 0.448. The molecule has 3 heteroatoms. The first-order valence-corrected chi connectivity index (χ1v) is 9.92. The van der Waals surface area contributed by atoms with Crippen molar-refractivity contribution in [3.8, 4) is 11.3 Å². The van der Waals surface area contributed by atoms with Crippen molar-refractivity contribution in [3.63, 3.8) is 0 Å². The lowest BCUT2D eigenvalue weighted by Crippen LogP contribution is -1.90. The summed E-state index contributed by atoms with van der Waals surface area (Å²) in [6, 6.07) is 22.7. The zero-order chi connectivity index (χ0) is 19.5. The van der Waals surface area contributed by atoms with E-state index in [1.54, 1.807) is 0 Å². The van der Waals surface area contributed by atoms with Crippen LogP contribution in [0.25, 0.3) is 55.1 Å². The van der Waals surface area contributed by atoms with Crippen molar-refractivity contribution in [1.82, 2.24) is 4.98 Å². The molecule has 3 heterocycles. The molecule has 0 N–H and O–H groups in total. The minimum Gasteiger partial charge on any atom is -0.456 e. The second-order valence-electron chi connectivity index (χ2n) is 7.82. The van der Waals surface area contributed by atoms with E-state index in [1.165, 1.54) is 5.56 Å². The molecule has 0 bridgehead atoms. The Morgan fingerprint density at radius 2 is 1.48 bits per heavy atom. The van der Waals surface area contributed by atoms with E-state index in [-0.39, 0.29) is 0 Å². The molecule has 6 aromatic rings. The summed E-state index contributed by atoms with van der Waals surface area (Å²) in [7, 11) is 0. The first-order valence-electron chi connectivity index (χ1n) is 9.92. The Labute approximate surface area is 167 Å². The van der Waals surface area contributed by atoms with E-state index in [0.29, 0.717) is 5.92 Å². The number of pyridine rings is 1. The van der Waals surface area contributed by atoms with Gasteiger partial charge in [0.1, 0.15) is 22.3 Å². The first-order chi connectivity index (χ1) is 14.2. The van der Waals surface area contributed by atoms with Gasteiger partial charge in [0.2, 0.25) is 0 Å². The Hall–Kier alpha value is -3.59. The van der Waals surface area contributed by atoms with Gasteiger partial charge in [-0.1, -0.05) is 44.2 Å². The Bertz CT molecular complexity index is 1530. The zero-order valence-electron chi connectivity index (χ0n) is 16.3. The van der Waals surface area contributed by atoms with Crippen LogP contribution in [-0.4, -0.2) is 4.98 Å². The van der Waals surface area contributed by atoms with Gasteiger partial charge in [-0.15, -0.1) is 0 Å². The van der Waals surface area contributed by atoms with E-state index in [1.807, 2.05) is 36.5 Å². The van der Waals surface area contributed by atoms with Crippen LogP contribution in [0.4, 0.5) is 0 Å². The number of nitrogens with zero attached hydrogens (tertiary/aromatic N) is 1. The smallest absolute Gasteiger partial charge is 0.144 e. The lowest BCUT2D eigenvalue weighted by Gasteiger charge is -2.07. The standard InChI is InChI=1S/C26H19NO2/c1-15(2)16-12-13-27-20(14-16)17-7-5-8-19-25-23(29-26(17)19)11-10-22-24(25)18-6-3-4-9-21(18)28-22/h3-15H,1-2H3. The Kier molecular flexibility index (Phi) is 3.36. The summed E-state index contributed by atoms with van der Waals surface area (Å²) in [5, 5.41) is 4.41. The summed E-state index contributed by atoms with van der Waals surface area (Å²) >= 11 is 0. The zero-order valence-corrected chi connectivity index (χ0v) is 16.3. The molecular formula is C26H19NO2. The molecule has 0 unspecified atom stereocenters.